The number of pyridine rings is 1. The van der Waals surface area contributed by atoms with Crippen molar-refractivity contribution in [3.63, 3.8) is 0 Å². The maximum Gasteiger partial charge on any atom is 0.263 e. The molecule has 1 heterocycles. The first-order valence-electron chi connectivity index (χ1n) is 9.75. The third-order valence-corrected chi connectivity index (χ3v) is 5.21. The number of ether oxygens (including phenoxy) is 1. The second-order valence-electron chi connectivity index (χ2n) is 7.47. The van der Waals surface area contributed by atoms with Crippen molar-refractivity contribution in [3.8, 4) is 5.75 Å². The summed E-state index contributed by atoms with van der Waals surface area (Å²) in [5.74, 6) is 0.930. The summed E-state index contributed by atoms with van der Waals surface area (Å²) in [5, 5.41) is 11.4. The van der Waals surface area contributed by atoms with E-state index in [1.54, 1.807) is 18.2 Å². The van der Waals surface area contributed by atoms with Gasteiger partial charge in [0, 0.05) is 25.2 Å². The van der Waals surface area contributed by atoms with Gasteiger partial charge >= 0.3 is 0 Å². The van der Waals surface area contributed by atoms with Gasteiger partial charge in [-0.3, -0.25) is 14.4 Å². The molecule has 0 spiro atoms. The van der Waals surface area contributed by atoms with Crippen molar-refractivity contribution in [1.29, 1.82) is 0 Å². The Balaban J connectivity index is 1.92. The molecule has 1 saturated carbocycles. The lowest BCUT2D eigenvalue weighted by molar-refractivity contribution is 0.0961. The van der Waals surface area contributed by atoms with Crippen LogP contribution in [0.25, 0.3) is 0 Å². The Hall–Kier alpha value is -2.93. The van der Waals surface area contributed by atoms with Crippen LogP contribution in [0.4, 0.5) is 0 Å². The maximum atomic E-state index is 12.8. The van der Waals surface area contributed by atoms with Gasteiger partial charge in [0.1, 0.15) is 17.9 Å². The van der Waals surface area contributed by atoms with Crippen molar-refractivity contribution in [2.24, 2.45) is 11.8 Å². The fourth-order valence-electron chi connectivity index (χ4n) is 3.34. The largest absolute Gasteiger partial charge is 0.491 e. The van der Waals surface area contributed by atoms with Crippen LogP contribution >= 0.6 is 0 Å². The molecule has 29 heavy (non-hydrogen) atoms. The average Bonchev–Trinajstić information content (AvgIpc) is 3.41. The lowest BCUT2D eigenvalue weighted by Gasteiger charge is -2.12. The van der Waals surface area contributed by atoms with Crippen LogP contribution in [0.2, 0.25) is 0 Å². The number of ketones is 1. The molecule has 2 unspecified atom stereocenters. The maximum absolute atomic E-state index is 12.8. The lowest BCUT2D eigenvalue weighted by Crippen LogP contribution is -2.32. The molecule has 0 radical (unpaired) electrons. The summed E-state index contributed by atoms with van der Waals surface area (Å²) < 4.78 is 6.80. The van der Waals surface area contributed by atoms with Gasteiger partial charge in [0.2, 0.25) is 0 Å². The first kappa shape index (κ1) is 20.8. The predicted octanol–water partition coefficient (Wildman–Crippen LogP) is 1.86. The number of carbonyl (C=O) groups excluding carboxylic acids is 2. The highest BCUT2D eigenvalue weighted by Gasteiger charge is 2.34. The van der Waals surface area contributed by atoms with Gasteiger partial charge in [0.05, 0.1) is 13.2 Å². The van der Waals surface area contributed by atoms with E-state index in [4.69, 9.17) is 9.84 Å². The zero-order valence-corrected chi connectivity index (χ0v) is 16.7. The molecule has 0 aliphatic heterocycles. The predicted molar refractivity (Wildman–Crippen MR) is 108 cm³/mol. The summed E-state index contributed by atoms with van der Waals surface area (Å²) >= 11 is 0. The number of rotatable bonds is 9. The zero-order chi connectivity index (χ0) is 21.0. The van der Waals surface area contributed by atoms with E-state index in [1.807, 2.05) is 6.07 Å². The van der Waals surface area contributed by atoms with Crippen LogP contribution in [0.15, 0.2) is 41.3 Å². The third-order valence-electron chi connectivity index (χ3n) is 5.21. The van der Waals surface area contributed by atoms with Gasteiger partial charge in [-0.2, -0.15) is 0 Å². The number of aliphatic hydroxyl groups is 1. The molecular formula is C22H26N2O5. The van der Waals surface area contributed by atoms with E-state index < -0.39 is 11.5 Å². The van der Waals surface area contributed by atoms with E-state index in [1.165, 1.54) is 23.9 Å². The molecule has 1 aromatic carbocycles. The molecule has 1 aliphatic rings. The van der Waals surface area contributed by atoms with Gasteiger partial charge in [-0.25, -0.2) is 0 Å². The Morgan fingerprint density at radius 2 is 2.07 bits per heavy atom. The standard InChI is InChI=1S/C22H26N2O5/c1-14-8-16(14)11-20(26)17-10-19(21(27)23-2)22(28)24(13-17)12-15-4-3-5-18(9-15)29-7-6-25/h3-5,9-10,13-14,16,25H,6-8,11-12H2,1-2H3,(H,23,27). The normalized spacial score (nSPS) is 17.6. The summed E-state index contributed by atoms with van der Waals surface area (Å²) in [5.41, 5.74) is 0.651. The molecule has 154 valence electrons. The van der Waals surface area contributed by atoms with E-state index >= 15 is 0 Å². The molecule has 3 rings (SSSR count). The van der Waals surface area contributed by atoms with E-state index in [9.17, 15) is 14.4 Å². The van der Waals surface area contributed by atoms with Crippen LogP contribution in [-0.4, -0.2) is 41.6 Å². The zero-order valence-electron chi connectivity index (χ0n) is 16.7. The highest BCUT2D eigenvalue weighted by Crippen LogP contribution is 2.41. The number of aromatic nitrogens is 1. The molecule has 0 saturated heterocycles. The number of Topliss-reactive ketones (excluding diaryl/α,β-unsaturated/α-hetero) is 1. The Kier molecular flexibility index (Phi) is 6.49. The molecule has 0 bridgehead atoms. The number of amides is 1. The van der Waals surface area contributed by atoms with Crippen molar-refractivity contribution in [2.45, 2.75) is 26.3 Å². The average molecular weight is 398 g/mol. The van der Waals surface area contributed by atoms with Crippen LogP contribution < -0.4 is 15.6 Å². The van der Waals surface area contributed by atoms with E-state index in [2.05, 4.69) is 12.2 Å². The number of hydrogen-bond donors (Lipinski definition) is 2. The molecule has 1 aromatic heterocycles. The van der Waals surface area contributed by atoms with Crippen LogP contribution in [0.5, 0.6) is 5.75 Å². The second kappa shape index (κ2) is 9.05. The van der Waals surface area contributed by atoms with Gasteiger partial charge in [0.15, 0.2) is 5.78 Å². The molecule has 2 N–H and O–H groups in total. The SMILES string of the molecule is CNC(=O)c1cc(C(=O)CC2CC2C)cn(Cc2cccc(OCCO)c2)c1=O. The molecule has 1 amide bonds. The minimum Gasteiger partial charge on any atom is -0.491 e. The lowest BCUT2D eigenvalue weighted by atomic mass is 10.0. The van der Waals surface area contributed by atoms with Gasteiger partial charge in [0.25, 0.3) is 11.5 Å². The smallest absolute Gasteiger partial charge is 0.263 e. The Bertz CT molecular complexity index is 966. The molecule has 1 aliphatic carbocycles. The highest BCUT2D eigenvalue weighted by atomic mass is 16.5. The van der Waals surface area contributed by atoms with Crippen LogP contribution in [0.1, 0.15) is 46.0 Å². The molecule has 1 fully saturated rings. The van der Waals surface area contributed by atoms with Gasteiger partial charge in [-0.15, -0.1) is 0 Å². The van der Waals surface area contributed by atoms with Crippen LogP contribution in [0.3, 0.4) is 0 Å². The Morgan fingerprint density at radius 1 is 1.31 bits per heavy atom. The van der Waals surface area contributed by atoms with Crippen LogP contribution in [0, 0.1) is 11.8 Å². The van der Waals surface area contributed by atoms with Crippen molar-refractivity contribution in [3.05, 3.63) is 63.6 Å². The van der Waals surface area contributed by atoms with Crippen molar-refractivity contribution < 1.29 is 19.4 Å². The minimum absolute atomic E-state index is 0.0464. The number of aliphatic hydroxyl groups excluding tert-OH is 1. The minimum atomic E-state index is -0.516. The molecule has 7 heteroatoms. The number of nitrogens with one attached hydrogen (secondary N) is 1. The van der Waals surface area contributed by atoms with Crippen molar-refractivity contribution in [1.82, 2.24) is 9.88 Å². The van der Waals surface area contributed by atoms with Gasteiger partial charge in [-0.1, -0.05) is 19.1 Å². The topological polar surface area (TPSA) is 97.6 Å². The number of carbonyl (C=O) groups is 2. The molecule has 2 aromatic rings. The van der Waals surface area contributed by atoms with E-state index in [0.717, 1.165) is 12.0 Å². The summed E-state index contributed by atoms with van der Waals surface area (Å²) in [6, 6.07) is 8.54. The Morgan fingerprint density at radius 3 is 2.72 bits per heavy atom. The number of benzene rings is 1. The quantitative estimate of drug-likeness (QED) is 0.629. The summed E-state index contributed by atoms with van der Waals surface area (Å²) in [6.45, 7) is 2.39. The first-order valence-corrected chi connectivity index (χ1v) is 9.75. The van der Waals surface area contributed by atoms with Gasteiger partial charge < -0.3 is 19.7 Å². The Labute approximate surface area is 169 Å². The fraction of sp³-hybridized carbons (Fsp3) is 0.409. The molecular weight excluding hydrogens is 372 g/mol. The van der Waals surface area contributed by atoms with E-state index in [0.29, 0.717) is 29.6 Å². The summed E-state index contributed by atoms with van der Waals surface area (Å²) in [4.78, 5) is 37.7. The highest BCUT2D eigenvalue weighted by molar-refractivity contribution is 6.00. The van der Waals surface area contributed by atoms with E-state index in [-0.39, 0.29) is 31.1 Å². The fourth-order valence-corrected chi connectivity index (χ4v) is 3.34. The first-order chi connectivity index (χ1) is 13.9. The molecule has 7 nitrogen and oxygen atoms in total. The summed E-state index contributed by atoms with van der Waals surface area (Å²) in [6.07, 6.45) is 3.00. The summed E-state index contributed by atoms with van der Waals surface area (Å²) in [7, 11) is 1.45. The molecule has 2 atom stereocenters. The van der Waals surface area contributed by atoms with Crippen molar-refractivity contribution >= 4 is 11.7 Å². The monoisotopic (exact) mass is 398 g/mol. The van der Waals surface area contributed by atoms with Gasteiger partial charge in [-0.05, 0) is 42.0 Å². The number of nitrogens with zero attached hydrogens (tertiary/aromatic N) is 1. The van der Waals surface area contributed by atoms with Crippen LogP contribution in [-0.2, 0) is 6.54 Å². The van der Waals surface area contributed by atoms with Crippen molar-refractivity contribution in [2.75, 3.05) is 20.3 Å². The second-order valence-corrected chi connectivity index (χ2v) is 7.47. The number of hydrogen-bond acceptors (Lipinski definition) is 5. The third kappa shape index (κ3) is 5.12.